The molecule has 0 amide bonds. The molecule has 0 aromatic carbocycles. The molecule has 1 heterocycles. The van der Waals surface area contributed by atoms with Crippen LogP contribution >= 0.6 is 0 Å². The van der Waals surface area contributed by atoms with Gasteiger partial charge in [0.2, 0.25) is 5.95 Å². The van der Waals surface area contributed by atoms with E-state index >= 15 is 0 Å². The molecule has 1 aliphatic rings. The first-order valence-corrected chi connectivity index (χ1v) is 5.76. The highest BCUT2D eigenvalue weighted by molar-refractivity contribution is 5.25. The Labute approximate surface area is 91.3 Å². The van der Waals surface area contributed by atoms with Gasteiger partial charge in [-0.15, -0.1) is 0 Å². The lowest BCUT2D eigenvalue weighted by Gasteiger charge is -2.16. The number of aryl methyl sites for hydroxylation is 1. The van der Waals surface area contributed by atoms with Crippen LogP contribution in [0.25, 0.3) is 0 Å². The molecule has 0 atom stereocenters. The molecule has 1 fully saturated rings. The highest BCUT2D eigenvalue weighted by atomic mass is 15.2. The van der Waals surface area contributed by atoms with Crippen molar-refractivity contribution in [2.45, 2.75) is 32.4 Å². The Bertz CT molecular complexity index is 303. The maximum absolute atomic E-state index is 4.28. The van der Waals surface area contributed by atoms with Crippen molar-refractivity contribution in [2.75, 3.05) is 25.5 Å². The summed E-state index contributed by atoms with van der Waals surface area (Å²) < 4.78 is 2.12. The van der Waals surface area contributed by atoms with Crippen molar-refractivity contribution in [3.8, 4) is 0 Å². The molecule has 0 unspecified atom stereocenters. The number of aromatic nitrogens is 2. The third-order valence-corrected chi connectivity index (χ3v) is 2.97. The summed E-state index contributed by atoms with van der Waals surface area (Å²) in [7, 11) is 2.20. The van der Waals surface area contributed by atoms with E-state index in [9.17, 15) is 0 Å². The van der Waals surface area contributed by atoms with Gasteiger partial charge in [-0.05, 0) is 26.8 Å². The Kier molecular flexibility index (Phi) is 3.26. The van der Waals surface area contributed by atoms with Crippen molar-refractivity contribution in [2.24, 2.45) is 0 Å². The van der Waals surface area contributed by atoms with Crippen LogP contribution in [0.2, 0.25) is 0 Å². The molecule has 84 valence electrons. The molecule has 2 rings (SSSR count). The second-order valence-corrected chi connectivity index (χ2v) is 4.18. The molecule has 0 radical (unpaired) electrons. The summed E-state index contributed by atoms with van der Waals surface area (Å²) in [6, 6.07) is 0.845. The minimum Gasteiger partial charge on any atom is -0.354 e. The average Bonchev–Trinajstić information content (AvgIpc) is 2.99. The van der Waals surface area contributed by atoms with Crippen molar-refractivity contribution in [1.82, 2.24) is 14.5 Å². The lowest BCUT2D eigenvalue weighted by atomic mass is 10.5. The predicted octanol–water partition coefficient (Wildman–Crippen LogP) is 1.41. The Morgan fingerprint density at radius 1 is 1.60 bits per heavy atom. The fourth-order valence-corrected chi connectivity index (χ4v) is 1.77. The molecule has 0 spiro atoms. The van der Waals surface area contributed by atoms with Crippen molar-refractivity contribution >= 4 is 5.95 Å². The fourth-order valence-electron chi connectivity index (χ4n) is 1.77. The van der Waals surface area contributed by atoms with Gasteiger partial charge in [0.05, 0.1) is 0 Å². The van der Waals surface area contributed by atoms with Crippen LogP contribution in [-0.4, -0.2) is 40.6 Å². The van der Waals surface area contributed by atoms with Gasteiger partial charge >= 0.3 is 0 Å². The number of likely N-dealkylation sites (N-methyl/N-ethyl adjacent to an activating group) is 1. The Morgan fingerprint density at radius 3 is 3.07 bits per heavy atom. The van der Waals surface area contributed by atoms with Gasteiger partial charge in [0, 0.05) is 38.1 Å². The van der Waals surface area contributed by atoms with E-state index in [-0.39, 0.29) is 0 Å². The molecule has 4 nitrogen and oxygen atoms in total. The Balaban J connectivity index is 1.72. The summed E-state index contributed by atoms with van der Waals surface area (Å²) >= 11 is 0. The van der Waals surface area contributed by atoms with Crippen LogP contribution in [-0.2, 0) is 6.54 Å². The molecule has 1 aliphatic carbocycles. The topological polar surface area (TPSA) is 33.1 Å². The summed E-state index contributed by atoms with van der Waals surface area (Å²) in [5, 5.41) is 3.37. The first kappa shape index (κ1) is 10.5. The van der Waals surface area contributed by atoms with Gasteiger partial charge in [-0.3, -0.25) is 0 Å². The number of imidazole rings is 1. The average molecular weight is 208 g/mol. The van der Waals surface area contributed by atoms with Gasteiger partial charge in [0.15, 0.2) is 0 Å². The molecule has 0 saturated heterocycles. The second-order valence-electron chi connectivity index (χ2n) is 4.18. The fraction of sp³-hybridized carbons (Fsp3) is 0.727. The first-order chi connectivity index (χ1) is 7.31. The lowest BCUT2D eigenvalue weighted by molar-refractivity contribution is 0.337. The molecule has 15 heavy (non-hydrogen) atoms. The summed E-state index contributed by atoms with van der Waals surface area (Å²) in [4.78, 5) is 6.70. The first-order valence-electron chi connectivity index (χ1n) is 5.76. The molecule has 1 N–H and O–H groups in total. The maximum atomic E-state index is 4.28. The van der Waals surface area contributed by atoms with Crippen LogP contribution in [0.15, 0.2) is 12.4 Å². The zero-order chi connectivity index (χ0) is 10.7. The Morgan fingerprint density at radius 2 is 2.40 bits per heavy atom. The zero-order valence-electron chi connectivity index (χ0n) is 9.61. The van der Waals surface area contributed by atoms with Crippen LogP contribution in [0.5, 0.6) is 0 Å². The third-order valence-electron chi connectivity index (χ3n) is 2.97. The van der Waals surface area contributed by atoms with Gasteiger partial charge in [-0.25, -0.2) is 4.98 Å². The highest BCUT2D eigenvalue weighted by Crippen LogP contribution is 2.24. The number of hydrogen-bond donors (Lipinski definition) is 1. The molecular formula is C11H20N4. The second kappa shape index (κ2) is 4.66. The highest BCUT2D eigenvalue weighted by Gasteiger charge is 2.25. The summed E-state index contributed by atoms with van der Waals surface area (Å²) in [5.74, 6) is 0.988. The smallest absolute Gasteiger partial charge is 0.202 e. The van der Waals surface area contributed by atoms with Gasteiger partial charge in [0.25, 0.3) is 0 Å². The van der Waals surface area contributed by atoms with E-state index in [0.717, 1.165) is 31.6 Å². The zero-order valence-corrected chi connectivity index (χ0v) is 9.61. The quantitative estimate of drug-likeness (QED) is 0.767. The van der Waals surface area contributed by atoms with Gasteiger partial charge < -0.3 is 14.8 Å². The largest absolute Gasteiger partial charge is 0.354 e. The van der Waals surface area contributed by atoms with Crippen LogP contribution in [0.4, 0.5) is 5.95 Å². The molecule has 1 aromatic heterocycles. The number of nitrogens with one attached hydrogen (secondary N) is 1. The van der Waals surface area contributed by atoms with E-state index < -0.39 is 0 Å². The SMILES string of the molecule is CCn1ccnc1NCCN(C)C1CC1. The standard InChI is InChI=1S/C11H20N4/c1-3-15-9-7-13-11(15)12-6-8-14(2)10-4-5-10/h7,9-10H,3-6,8H2,1-2H3,(H,12,13). The normalized spacial score (nSPS) is 15.9. The van der Waals surface area contributed by atoms with Gasteiger partial charge in [0.1, 0.15) is 0 Å². The molecule has 0 aliphatic heterocycles. The van der Waals surface area contributed by atoms with E-state index in [0.29, 0.717) is 0 Å². The number of anilines is 1. The number of hydrogen-bond acceptors (Lipinski definition) is 3. The minimum atomic E-state index is 0.845. The summed E-state index contributed by atoms with van der Waals surface area (Å²) in [6.07, 6.45) is 6.60. The number of rotatable bonds is 6. The van der Waals surface area contributed by atoms with E-state index in [4.69, 9.17) is 0 Å². The maximum Gasteiger partial charge on any atom is 0.202 e. The van der Waals surface area contributed by atoms with Crippen LogP contribution in [0.1, 0.15) is 19.8 Å². The van der Waals surface area contributed by atoms with Crippen LogP contribution in [0, 0.1) is 0 Å². The van der Waals surface area contributed by atoms with Gasteiger partial charge in [-0.2, -0.15) is 0 Å². The van der Waals surface area contributed by atoms with E-state index in [1.165, 1.54) is 12.8 Å². The van der Waals surface area contributed by atoms with Crippen LogP contribution < -0.4 is 5.32 Å². The van der Waals surface area contributed by atoms with E-state index in [1.54, 1.807) is 0 Å². The minimum absolute atomic E-state index is 0.845. The summed E-state index contributed by atoms with van der Waals surface area (Å²) in [5.41, 5.74) is 0. The lowest BCUT2D eigenvalue weighted by Crippen LogP contribution is -2.27. The summed E-state index contributed by atoms with van der Waals surface area (Å²) in [6.45, 7) is 5.18. The molecule has 4 heteroatoms. The monoisotopic (exact) mass is 208 g/mol. The predicted molar refractivity (Wildman–Crippen MR) is 62.0 cm³/mol. The van der Waals surface area contributed by atoms with E-state index in [2.05, 4.69) is 33.7 Å². The Hall–Kier alpha value is -1.03. The van der Waals surface area contributed by atoms with Crippen molar-refractivity contribution in [3.05, 3.63) is 12.4 Å². The molecular weight excluding hydrogens is 188 g/mol. The van der Waals surface area contributed by atoms with Crippen molar-refractivity contribution in [3.63, 3.8) is 0 Å². The van der Waals surface area contributed by atoms with Gasteiger partial charge in [-0.1, -0.05) is 0 Å². The van der Waals surface area contributed by atoms with Crippen molar-refractivity contribution < 1.29 is 0 Å². The molecule has 1 saturated carbocycles. The van der Waals surface area contributed by atoms with E-state index in [1.807, 2.05) is 12.4 Å². The van der Waals surface area contributed by atoms with Crippen LogP contribution in [0.3, 0.4) is 0 Å². The molecule has 1 aromatic rings. The third kappa shape index (κ3) is 2.72. The molecule has 0 bridgehead atoms. The number of nitrogens with zero attached hydrogens (tertiary/aromatic N) is 3. The van der Waals surface area contributed by atoms with Crippen molar-refractivity contribution in [1.29, 1.82) is 0 Å².